The number of Topliss-reactive ketones (excluding diaryl/α,β-unsaturated/α-hetero) is 1. The first-order valence-electron chi connectivity index (χ1n) is 8.31. The Morgan fingerprint density at radius 3 is 2.65 bits per heavy atom. The van der Waals surface area contributed by atoms with Crippen LogP contribution in [0.2, 0.25) is 0 Å². The lowest BCUT2D eigenvalue weighted by Crippen LogP contribution is -2.13. The number of rotatable bonds is 7. The van der Waals surface area contributed by atoms with Gasteiger partial charge in [0, 0.05) is 29.9 Å². The summed E-state index contributed by atoms with van der Waals surface area (Å²) in [5.41, 5.74) is 3.59. The number of hydrogen-bond acceptors (Lipinski definition) is 1. The van der Waals surface area contributed by atoms with Crippen molar-refractivity contribution in [1.29, 1.82) is 0 Å². The highest BCUT2D eigenvalue weighted by Gasteiger charge is 2.22. The summed E-state index contributed by atoms with van der Waals surface area (Å²) in [6, 6.07) is 2.11. The molecule has 1 aromatic heterocycles. The number of aryl methyl sites for hydroxylation is 1. The Hall–Kier alpha value is -1.05. The van der Waals surface area contributed by atoms with Gasteiger partial charge in [0.1, 0.15) is 0 Å². The first-order chi connectivity index (χ1) is 9.59. The van der Waals surface area contributed by atoms with E-state index in [1.165, 1.54) is 43.5 Å². The Kier molecular flexibility index (Phi) is 5.45. The van der Waals surface area contributed by atoms with E-state index in [0.717, 1.165) is 37.3 Å². The van der Waals surface area contributed by atoms with Crippen LogP contribution in [0.4, 0.5) is 0 Å². The predicted molar refractivity (Wildman–Crippen MR) is 84.4 cm³/mol. The zero-order valence-corrected chi connectivity index (χ0v) is 13.4. The molecule has 0 amide bonds. The molecular formula is C18H29NO. The molecule has 1 aliphatic rings. The molecule has 0 bridgehead atoms. The maximum absolute atomic E-state index is 11.9. The van der Waals surface area contributed by atoms with E-state index in [1.54, 1.807) is 0 Å². The Labute approximate surface area is 123 Å². The highest BCUT2D eigenvalue weighted by molar-refractivity contribution is 5.98. The molecule has 2 rings (SSSR count). The topological polar surface area (TPSA) is 22.0 Å². The summed E-state index contributed by atoms with van der Waals surface area (Å²) in [6.45, 7) is 7.83. The number of nitrogens with zero attached hydrogens (tertiary/aromatic N) is 1. The third-order valence-corrected chi connectivity index (χ3v) is 4.45. The fourth-order valence-electron chi connectivity index (χ4n) is 3.28. The highest BCUT2D eigenvalue weighted by Crippen LogP contribution is 2.25. The molecule has 1 aromatic rings. The van der Waals surface area contributed by atoms with Crippen LogP contribution in [0.5, 0.6) is 0 Å². The molecule has 0 saturated heterocycles. The van der Waals surface area contributed by atoms with Gasteiger partial charge in [0.05, 0.1) is 0 Å². The van der Waals surface area contributed by atoms with Crippen LogP contribution in [0.25, 0.3) is 0 Å². The Morgan fingerprint density at radius 1 is 1.15 bits per heavy atom. The van der Waals surface area contributed by atoms with Crippen LogP contribution >= 0.6 is 0 Å². The molecule has 0 aliphatic heterocycles. The Bertz CT molecular complexity index is 456. The van der Waals surface area contributed by atoms with Crippen molar-refractivity contribution < 1.29 is 4.79 Å². The molecule has 0 fully saturated rings. The lowest BCUT2D eigenvalue weighted by atomic mass is 9.96. The van der Waals surface area contributed by atoms with E-state index in [-0.39, 0.29) is 0 Å². The van der Waals surface area contributed by atoms with Gasteiger partial charge in [-0.2, -0.15) is 0 Å². The SMILES string of the molecule is Cc1cc2c(n1CCCCCCC(C)C)CCCC2=O. The van der Waals surface area contributed by atoms with Crippen LogP contribution in [0.3, 0.4) is 0 Å². The summed E-state index contributed by atoms with van der Waals surface area (Å²) in [5, 5.41) is 0. The van der Waals surface area contributed by atoms with E-state index in [2.05, 4.69) is 31.4 Å². The van der Waals surface area contributed by atoms with Gasteiger partial charge in [0.2, 0.25) is 0 Å². The molecule has 0 atom stereocenters. The molecule has 112 valence electrons. The van der Waals surface area contributed by atoms with E-state index in [4.69, 9.17) is 0 Å². The normalized spacial score (nSPS) is 14.9. The van der Waals surface area contributed by atoms with Crippen molar-refractivity contribution in [1.82, 2.24) is 4.57 Å². The van der Waals surface area contributed by atoms with Crippen LogP contribution in [0.1, 0.15) is 80.5 Å². The van der Waals surface area contributed by atoms with Crippen molar-refractivity contribution in [3.8, 4) is 0 Å². The fourth-order valence-corrected chi connectivity index (χ4v) is 3.28. The first kappa shape index (κ1) is 15.3. The molecule has 1 heterocycles. The molecule has 2 heteroatoms. The molecule has 1 aliphatic carbocycles. The standard InChI is InChI=1S/C18H29NO/c1-14(2)9-6-4-5-7-12-19-15(3)13-16-17(19)10-8-11-18(16)20/h13-14H,4-12H2,1-3H3. The summed E-state index contributed by atoms with van der Waals surface area (Å²) in [4.78, 5) is 11.9. The lowest BCUT2D eigenvalue weighted by molar-refractivity contribution is 0.0971. The predicted octanol–water partition coefficient (Wildman–Crippen LogP) is 4.92. The Balaban J connectivity index is 1.83. The molecule has 0 aromatic carbocycles. The highest BCUT2D eigenvalue weighted by atomic mass is 16.1. The molecule has 0 N–H and O–H groups in total. The minimum absolute atomic E-state index is 0.352. The van der Waals surface area contributed by atoms with Gasteiger partial charge < -0.3 is 4.57 Å². The van der Waals surface area contributed by atoms with Crippen molar-refractivity contribution in [2.75, 3.05) is 0 Å². The maximum atomic E-state index is 11.9. The second-order valence-corrected chi connectivity index (χ2v) is 6.67. The van der Waals surface area contributed by atoms with Gasteiger partial charge in [-0.15, -0.1) is 0 Å². The molecule has 20 heavy (non-hydrogen) atoms. The number of hydrogen-bond donors (Lipinski definition) is 0. The fraction of sp³-hybridized carbons (Fsp3) is 0.722. The van der Waals surface area contributed by atoms with E-state index >= 15 is 0 Å². The van der Waals surface area contributed by atoms with Gasteiger partial charge in [-0.1, -0.05) is 39.5 Å². The van der Waals surface area contributed by atoms with E-state index in [1.807, 2.05) is 0 Å². The van der Waals surface area contributed by atoms with E-state index < -0.39 is 0 Å². The summed E-state index contributed by atoms with van der Waals surface area (Å²) < 4.78 is 2.40. The number of carbonyl (C=O) groups is 1. The van der Waals surface area contributed by atoms with Crippen molar-refractivity contribution in [2.45, 2.75) is 78.7 Å². The third-order valence-electron chi connectivity index (χ3n) is 4.45. The molecule has 0 radical (unpaired) electrons. The van der Waals surface area contributed by atoms with Crippen molar-refractivity contribution in [3.05, 3.63) is 23.0 Å². The number of ketones is 1. The van der Waals surface area contributed by atoms with Crippen molar-refractivity contribution in [2.24, 2.45) is 5.92 Å². The molecule has 0 unspecified atom stereocenters. The summed E-state index contributed by atoms with van der Waals surface area (Å²) in [5.74, 6) is 1.18. The molecular weight excluding hydrogens is 246 g/mol. The molecule has 0 saturated carbocycles. The summed E-state index contributed by atoms with van der Waals surface area (Å²) in [7, 11) is 0. The zero-order chi connectivity index (χ0) is 14.5. The quantitative estimate of drug-likeness (QED) is 0.647. The minimum Gasteiger partial charge on any atom is -0.348 e. The van der Waals surface area contributed by atoms with Gasteiger partial charge in [-0.25, -0.2) is 0 Å². The minimum atomic E-state index is 0.352. The van der Waals surface area contributed by atoms with Gasteiger partial charge in [-0.05, 0) is 38.2 Å². The van der Waals surface area contributed by atoms with Crippen LogP contribution < -0.4 is 0 Å². The summed E-state index contributed by atoms with van der Waals surface area (Å²) in [6.07, 6.45) is 9.48. The second kappa shape index (κ2) is 7.10. The van der Waals surface area contributed by atoms with Crippen LogP contribution in [0, 0.1) is 12.8 Å². The number of unbranched alkanes of at least 4 members (excludes halogenated alkanes) is 3. The number of aromatic nitrogens is 1. The van der Waals surface area contributed by atoms with E-state index in [0.29, 0.717) is 5.78 Å². The Morgan fingerprint density at radius 2 is 1.90 bits per heavy atom. The number of carbonyl (C=O) groups excluding carboxylic acids is 1. The monoisotopic (exact) mass is 275 g/mol. The lowest BCUT2D eigenvalue weighted by Gasteiger charge is -2.16. The van der Waals surface area contributed by atoms with Gasteiger partial charge >= 0.3 is 0 Å². The van der Waals surface area contributed by atoms with Gasteiger partial charge in [-0.3, -0.25) is 4.79 Å². The zero-order valence-electron chi connectivity index (χ0n) is 13.4. The average molecular weight is 275 g/mol. The largest absolute Gasteiger partial charge is 0.348 e. The smallest absolute Gasteiger partial charge is 0.164 e. The van der Waals surface area contributed by atoms with Crippen LogP contribution in [0.15, 0.2) is 6.07 Å². The van der Waals surface area contributed by atoms with Gasteiger partial charge in [0.25, 0.3) is 0 Å². The average Bonchev–Trinajstić information content (AvgIpc) is 2.71. The van der Waals surface area contributed by atoms with Crippen LogP contribution in [-0.2, 0) is 13.0 Å². The number of fused-ring (bicyclic) bond motifs is 1. The molecule has 2 nitrogen and oxygen atoms in total. The maximum Gasteiger partial charge on any atom is 0.164 e. The summed E-state index contributed by atoms with van der Waals surface area (Å²) >= 11 is 0. The van der Waals surface area contributed by atoms with Crippen molar-refractivity contribution in [3.63, 3.8) is 0 Å². The molecule has 0 spiro atoms. The third kappa shape index (κ3) is 3.74. The first-order valence-corrected chi connectivity index (χ1v) is 8.31. The van der Waals surface area contributed by atoms with Gasteiger partial charge in [0.15, 0.2) is 5.78 Å². The van der Waals surface area contributed by atoms with Crippen molar-refractivity contribution >= 4 is 5.78 Å². The van der Waals surface area contributed by atoms with Crippen LogP contribution in [-0.4, -0.2) is 10.4 Å². The second-order valence-electron chi connectivity index (χ2n) is 6.67. The van der Waals surface area contributed by atoms with E-state index in [9.17, 15) is 4.79 Å².